The van der Waals surface area contributed by atoms with E-state index in [4.69, 9.17) is 9.84 Å². The average Bonchev–Trinajstić information content (AvgIpc) is 3.17. The van der Waals surface area contributed by atoms with Crippen molar-refractivity contribution in [1.82, 2.24) is 0 Å². The molecular weight excluding hydrogens is 576 g/mol. The van der Waals surface area contributed by atoms with Gasteiger partial charge in [-0.05, 0) is 106 Å². The van der Waals surface area contributed by atoms with E-state index in [1.165, 1.54) is 18.1 Å². The minimum atomic E-state index is -1.76. The highest BCUT2D eigenvalue weighted by Gasteiger charge is 2.67. The Balaban J connectivity index is 1.64. The van der Waals surface area contributed by atoms with Crippen molar-refractivity contribution in [3.8, 4) is 0 Å². The van der Waals surface area contributed by atoms with Gasteiger partial charge in [0.25, 0.3) is 0 Å². The highest BCUT2D eigenvalue weighted by molar-refractivity contribution is 5.74. The van der Waals surface area contributed by atoms with E-state index in [9.17, 15) is 35.1 Å². The van der Waals surface area contributed by atoms with Gasteiger partial charge in [-0.25, -0.2) is 0 Å². The van der Waals surface area contributed by atoms with Crippen LogP contribution in [0.25, 0.3) is 0 Å². The molecule has 0 amide bonds. The highest BCUT2D eigenvalue weighted by Crippen LogP contribution is 2.72. The van der Waals surface area contributed by atoms with E-state index in [0.29, 0.717) is 19.3 Å². The van der Waals surface area contributed by atoms with E-state index in [0.717, 1.165) is 32.1 Å². The van der Waals surface area contributed by atoms with Crippen LogP contribution in [0.2, 0.25) is 0 Å². The zero-order valence-electron chi connectivity index (χ0n) is 29.0. The summed E-state index contributed by atoms with van der Waals surface area (Å²) in [5.41, 5.74) is -1.91. The summed E-state index contributed by atoms with van der Waals surface area (Å²) in [5.74, 6) is -1.34. The van der Waals surface area contributed by atoms with Crippen LogP contribution in [0.1, 0.15) is 127 Å². The fourth-order valence-corrected chi connectivity index (χ4v) is 10.7. The van der Waals surface area contributed by atoms with Crippen LogP contribution in [0.15, 0.2) is 11.1 Å². The van der Waals surface area contributed by atoms with Gasteiger partial charge in [-0.15, -0.1) is 0 Å². The van der Waals surface area contributed by atoms with E-state index in [2.05, 4.69) is 27.7 Å². The number of aliphatic hydroxyl groups is 5. The Kier molecular flexibility index (Phi) is 9.58. The minimum Gasteiger partial charge on any atom is -0.481 e. The fourth-order valence-electron chi connectivity index (χ4n) is 10.7. The number of carbonyl (C=O) groups excluding carboxylic acids is 1. The Morgan fingerprint density at radius 1 is 0.978 bits per heavy atom. The first-order valence-corrected chi connectivity index (χ1v) is 17.0. The molecule has 0 bridgehead atoms. The summed E-state index contributed by atoms with van der Waals surface area (Å²) >= 11 is 0. The second-order valence-electron chi connectivity index (χ2n) is 17.4. The third-order valence-corrected chi connectivity index (χ3v) is 13.6. The molecule has 0 aromatic carbocycles. The number of esters is 1. The Bertz CT molecular complexity index is 1180. The number of ether oxygens (including phenoxy) is 1. The van der Waals surface area contributed by atoms with E-state index in [1.54, 1.807) is 13.8 Å². The van der Waals surface area contributed by atoms with Crippen molar-refractivity contribution in [1.29, 1.82) is 0 Å². The molecule has 0 saturated heterocycles. The number of carboxylic acid groups (broad SMARTS) is 1. The minimum absolute atomic E-state index is 0.100. The molecule has 0 aliphatic heterocycles. The zero-order chi connectivity index (χ0) is 34.1. The van der Waals surface area contributed by atoms with Gasteiger partial charge < -0.3 is 35.4 Å². The Morgan fingerprint density at radius 3 is 2.18 bits per heavy atom. The van der Waals surface area contributed by atoms with Crippen LogP contribution < -0.4 is 0 Å². The number of allylic oxidation sites excluding steroid dienone is 1. The van der Waals surface area contributed by atoms with Crippen LogP contribution in [0.5, 0.6) is 0 Å². The van der Waals surface area contributed by atoms with E-state index < -0.39 is 71.2 Å². The van der Waals surface area contributed by atoms with Crippen molar-refractivity contribution in [2.45, 2.75) is 162 Å². The normalized spacial score (nSPS) is 40.4. The lowest BCUT2D eigenvalue weighted by molar-refractivity contribution is -0.193. The van der Waals surface area contributed by atoms with Crippen molar-refractivity contribution in [3.05, 3.63) is 11.1 Å². The van der Waals surface area contributed by atoms with Crippen LogP contribution in [0, 0.1) is 39.4 Å². The Labute approximate surface area is 269 Å². The maximum Gasteiger partial charge on any atom is 0.309 e. The molecule has 0 unspecified atom stereocenters. The molecule has 6 N–H and O–H groups in total. The SMILES string of the molecule is C[C@H](CC[C@H](O)C(C)(C)O)[C@@H]1CC[C@]2(C)C3=C(C[C@H](O)[C@]12C)[C@]1(C)C[C@H](OC(=O)C[C@](C)(O)CC(=O)O)[C@@H](O)C(C)(C)[C@@H]1CC3. The fraction of sp³-hybridized carbons (Fsp3) is 0.889. The van der Waals surface area contributed by atoms with Gasteiger partial charge >= 0.3 is 11.9 Å². The smallest absolute Gasteiger partial charge is 0.309 e. The maximum absolute atomic E-state index is 13.0. The van der Waals surface area contributed by atoms with Crippen molar-refractivity contribution in [3.63, 3.8) is 0 Å². The summed E-state index contributed by atoms with van der Waals surface area (Å²) < 4.78 is 5.86. The summed E-state index contributed by atoms with van der Waals surface area (Å²) in [6.45, 7) is 17.6. The van der Waals surface area contributed by atoms with E-state index >= 15 is 0 Å². The zero-order valence-corrected chi connectivity index (χ0v) is 29.0. The number of rotatable bonds is 10. The van der Waals surface area contributed by atoms with Gasteiger partial charge in [0, 0.05) is 5.41 Å². The molecule has 9 heteroatoms. The van der Waals surface area contributed by atoms with Gasteiger partial charge in [0.15, 0.2) is 0 Å². The number of carbonyl (C=O) groups is 2. The van der Waals surface area contributed by atoms with Crippen molar-refractivity contribution in [2.75, 3.05) is 0 Å². The quantitative estimate of drug-likeness (QED) is 0.147. The summed E-state index contributed by atoms with van der Waals surface area (Å²) in [7, 11) is 0. The molecule has 4 rings (SSSR count). The molecule has 11 atom stereocenters. The largest absolute Gasteiger partial charge is 0.481 e. The van der Waals surface area contributed by atoms with Gasteiger partial charge in [0.1, 0.15) is 6.10 Å². The second-order valence-corrected chi connectivity index (χ2v) is 17.4. The van der Waals surface area contributed by atoms with E-state index in [-0.39, 0.29) is 28.6 Å². The predicted molar refractivity (Wildman–Crippen MR) is 170 cm³/mol. The Hall–Kier alpha value is -1.52. The number of aliphatic hydroxyl groups excluding tert-OH is 3. The first kappa shape index (κ1) is 36.3. The van der Waals surface area contributed by atoms with Crippen LogP contribution >= 0.6 is 0 Å². The molecule has 0 spiro atoms. The van der Waals surface area contributed by atoms with E-state index in [1.807, 2.05) is 13.8 Å². The Morgan fingerprint density at radius 2 is 1.60 bits per heavy atom. The number of hydrogen-bond acceptors (Lipinski definition) is 8. The van der Waals surface area contributed by atoms with Crippen LogP contribution in [-0.4, -0.2) is 78.2 Å². The van der Waals surface area contributed by atoms with Gasteiger partial charge in [-0.2, -0.15) is 0 Å². The first-order chi connectivity index (χ1) is 20.4. The molecule has 9 nitrogen and oxygen atoms in total. The number of aliphatic carboxylic acids is 1. The van der Waals surface area contributed by atoms with Gasteiger partial charge in [0.2, 0.25) is 0 Å². The van der Waals surface area contributed by atoms with Gasteiger partial charge in [-0.1, -0.05) is 52.7 Å². The molecular formula is C36H60O9. The third-order valence-electron chi connectivity index (χ3n) is 13.6. The first-order valence-electron chi connectivity index (χ1n) is 17.0. The lowest BCUT2D eigenvalue weighted by atomic mass is 9.42. The molecule has 2 fully saturated rings. The molecule has 0 aromatic heterocycles. The molecule has 4 aliphatic rings. The summed E-state index contributed by atoms with van der Waals surface area (Å²) in [6, 6.07) is 0. The highest BCUT2D eigenvalue weighted by atomic mass is 16.6. The van der Waals surface area contributed by atoms with Crippen LogP contribution in [-0.2, 0) is 14.3 Å². The summed E-state index contributed by atoms with van der Waals surface area (Å²) in [5, 5.41) is 64.0. The van der Waals surface area contributed by atoms with Crippen molar-refractivity contribution in [2.24, 2.45) is 39.4 Å². The van der Waals surface area contributed by atoms with Crippen LogP contribution in [0.3, 0.4) is 0 Å². The lowest BCUT2D eigenvalue weighted by Gasteiger charge is -2.64. The number of hydrogen-bond donors (Lipinski definition) is 6. The standard InChI is InChI=1S/C36H60O9/c1-20(10-13-26(37)32(4,5)43)21-14-15-35(8)22-11-12-25-31(2,3)30(42)24(45-29(41)19-33(6,44)18-28(39)40)17-34(25,7)23(22)16-27(38)36(21,35)9/h20-21,24-27,30,37-38,42-44H,10-19H2,1-9H3,(H,39,40)/t20-,21+,24+,25+,26+,27+,30-,33-,34+,35-,36+/m1/s1. The summed E-state index contributed by atoms with van der Waals surface area (Å²) in [4.78, 5) is 24.2. The van der Waals surface area contributed by atoms with Crippen LogP contribution in [0.4, 0.5) is 0 Å². The summed E-state index contributed by atoms with van der Waals surface area (Å²) in [6.07, 6.45) is 1.63. The molecule has 258 valence electrons. The second kappa shape index (κ2) is 11.9. The molecule has 0 radical (unpaired) electrons. The van der Waals surface area contributed by atoms with Crippen molar-refractivity contribution >= 4 is 11.9 Å². The maximum atomic E-state index is 13.0. The van der Waals surface area contributed by atoms with Gasteiger partial charge in [-0.3, -0.25) is 9.59 Å². The molecule has 0 aromatic rings. The van der Waals surface area contributed by atoms with Crippen molar-refractivity contribution < 1.29 is 45.0 Å². The molecule has 2 saturated carbocycles. The number of carboxylic acids is 1. The molecule has 4 aliphatic carbocycles. The average molecular weight is 637 g/mol. The monoisotopic (exact) mass is 636 g/mol. The lowest BCUT2D eigenvalue weighted by Crippen LogP contribution is -2.62. The molecule has 45 heavy (non-hydrogen) atoms. The molecule has 0 heterocycles. The van der Waals surface area contributed by atoms with Gasteiger partial charge in [0.05, 0.1) is 42.4 Å². The topological polar surface area (TPSA) is 165 Å². The third kappa shape index (κ3) is 6.14. The number of fused-ring (bicyclic) bond motifs is 4. The predicted octanol–water partition coefficient (Wildman–Crippen LogP) is 4.75.